The second kappa shape index (κ2) is 9.49. The van der Waals surface area contributed by atoms with Gasteiger partial charge in [0.1, 0.15) is 0 Å². The first-order valence-electron chi connectivity index (χ1n) is 10.7. The normalized spacial score (nSPS) is 11.2. The van der Waals surface area contributed by atoms with E-state index in [1.54, 1.807) is 24.3 Å². The highest BCUT2D eigenvalue weighted by Crippen LogP contribution is 2.22. The molecule has 34 heavy (non-hydrogen) atoms. The topological polar surface area (TPSA) is 92.3 Å². The Balaban J connectivity index is 1.42. The van der Waals surface area contributed by atoms with Crippen molar-refractivity contribution in [2.24, 2.45) is 0 Å². The molecule has 0 aliphatic carbocycles. The molecule has 4 rings (SSSR count). The zero-order chi connectivity index (χ0) is 24.3. The molecule has 0 bridgehead atoms. The van der Waals surface area contributed by atoms with E-state index < -0.39 is 15.7 Å². The summed E-state index contributed by atoms with van der Waals surface area (Å²) in [6.45, 7) is 1.82. The summed E-state index contributed by atoms with van der Waals surface area (Å²) in [5.41, 5.74) is 3.13. The smallest absolute Gasteiger partial charge is 0.255 e. The van der Waals surface area contributed by atoms with Crippen LogP contribution in [-0.2, 0) is 21.1 Å². The fraction of sp³-hybridized carbons (Fsp3) is 0.111. The van der Waals surface area contributed by atoms with Crippen LogP contribution in [0, 0.1) is 6.92 Å². The third-order valence-electron chi connectivity index (χ3n) is 5.46. The van der Waals surface area contributed by atoms with Crippen LogP contribution >= 0.6 is 0 Å². The van der Waals surface area contributed by atoms with E-state index in [9.17, 15) is 18.0 Å². The SMILES string of the molecule is Cc1cc(NC(=O)Cc2ccc3ccccc3c2)ccc1NC(=O)c1cccc(S(C)(=O)=O)c1. The Morgan fingerprint density at radius 3 is 2.29 bits per heavy atom. The largest absolute Gasteiger partial charge is 0.326 e. The Kier molecular flexibility index (Phi) is 6.47. The van der Waals surface area contributed by atoms with Crippen LogP contribution in [0.2, 0.25) is 0 Å². The number of amides is 2. The van der Waals surface area contributed by atoms with E-state index in [2.05, 4.69) is 10.6 Å². The summed E-state index contributed by atoms with van der Waals surface area (Å²) in [6.07, 6.45) is 1.35. The Hall–Kier alpha value is -3.97. The molecule has 0 aliphatic heterocycles. The molecule has 0 saturated carbocycles. The minimum absolute atomic E-state index is 0.0846. The maximum absolute atomic E-state index is 12.6. The van der Waals surface area contributed by atoms with Crippen molar-refractivity contribution in [2.45, 2.75) is 18.2 Å². The van der Waals surface area contributed by atoms with Gasteiger partial charge in [-0.25, -0.2) is 8.42 Å². The Bertz CT molecular complexity index is 1510. The molecule has 0 radical (unpaired) electrons. The van der Waals surface area contributed by atoms with Crippen LogP contribution in [0.5, 0.6) is 0 Å². The molecule has 2 N–H and O–H groups in total. The molecule has 6 nitrogen and oxygen atoms in total. The predicted octanol–water partition coefficient (Wildman–Crippen LogP) is 4.99. The van der Waals surface area contributed by atoms with E-state index in [4.69, 9.17) is 0 Å². The highest BCUT2D eigenvalue weighted by molar-refractivity contribution is 7.90. The van der Waals surface area contributed by atoms with Crippen molar-refractivity contribution < 1.29 is 18.0 Å². The number of anilines is 2. The molecule has 0 aromatic heterocycles. The molecule has 0 aliphatic rings. The molecule has 0 atom stereocenters. The highest BCUT2D eigenvalue weighted by atomic mass is 32.2. The van der Waals surface area contributed by atoms with E-state index in [0.29, 0.717) is 11.4 Å². The van der Waals surface area contributed by atoms with Crippen molar-refractivity contribution in [2.75, 3.05) is 16.9 Å². The van der Waals surface area contributed by atoms with Crippen molar-refractivity contribution in [1.82, 2.24) is 0 Å². The summed E-state index contributed by atoms with van der Waals surface area (Å²) in [6, 6.07) is 25.1. The summed E-state index contributed by atoms with van der Waals surface area (Å²) < 4.78 is 23.5. The number of aryl methyl sites for hydroxylation is 1. The summed E-state index contributed by atoms with van der Waals surface area (Å²) >= 11 is 0. The molecule has 0 saturated heterocycles. The lowest BCUT2D eigenvalue weighted by molar-refractivity contribution is -0.115. The van der Waals surface area contributed by atoms with Gasteiger partial charge in [0.25, 0.3) is 5.91 Å². The fourth-order valence-electron chi connectivity index (χ4n) is 3.68. The lowest BCUT2D eigenvalue weighted by Crippen LogP contribution is -2.16. The standard InChI is InChI=1S/C27H24N2O4S/c1-18-14-23(28-26(30)16-19-10-11-20-6-3-4-7-21(20)15-19)12-13-25(18)29-27(31)22-8-5-9-24(17-22)34(2,32)33/h3-15,17H,16H2,1-2H3,(H,28,30)(H,29,31). The average Bonchev–Trinajstić information content (AvgIpc) is 2.80. The Labute approximate surface area is 198 Å². The van der Waals surface area contributed by atoms with Gasteiger partial charge in [0.05, 0.1) is 11.3 Å². The van der Waals surface area contributed by atoms with Gasteiger partial charge in [0.2, 0.25) is 5.91 Å². The molecule has 172 valence electrons. The quantitative estimate of drug-likeness (QED) is 0.414. The van der Waals surface area contributed by atoms with Crippen molar-refractivity contribution >= 4 is 43.8 Å². The highest BCUT2D eigenvalue weighted by Gasteiger charge is 2.13. The maximum Gasteiger partial charge on any atom is 0.255 e. The van der Waals surface area contributed by atoms with Gasteiger partial charge in [0.15, 0.2) is 9.84 Å². The molecular formula is C27H24N2O4S. The number of fused-ring (bicyclic) bond motifs is 1. The van der Waals surface area contributed by atoms with Gasteiger partial charge in [0, 0.05) is 23.2 Å². The van der Waals surface area contributed by atoms with Crippen molar-refractivity contribution in [3.63, 3.8) is 0 Å². The van der Waals surface area contributed by atoms with Crippen LogP contribution in [0.25, 0.3) is 10.8 Å². The van der Waals surface area contributed by atoms with Gasteiger partial charge < -0.3 is 10.6 Å². The van der Waals surface area contributed by atoms with Crippen molar-refractivity contribution in [3.8, 4) is 0 Å². The number of rotatable bonds is 6. The summed E-state index contributed by atoms with van der Waals surface area (Å²) in [5.74, 6) is -0.550. The minimum atomic E-state index is -3.41. The number of carbonyl (C=O) groups is 2. The molecule has 0 spiro atoms. The van der Waals surface area contributed by atoms with Gasteiger partial charge in [-0.2, -0.15) is 0 Å². The molecule has 4 aromatic rings. The number of hydrogen-bond donors (Lipinski definition) is 2. The number of carbonyl (C=O) groups excluding carboxylic acids is 2. The second-order valence-electron chi connectivity index (χ2n) is 8.19. The zero-order valence-electron chi connectivity index (χ0n) is 18.8. The van der Waals surface area contributed by atoms with Gasteiger partial charge >= 0.3 is 0 Å². The summed E-state index contributed by atoms with van der Waals surface area (Å²) in [5, 5.41) is 7.91. The van der Waals surface area contributed by atoms with Crippen LogP contribution in [0.4, 0.5) is 11.4 Å². The van der Waals surface area contributed by atoms with Crippen LogP contribution in [0.3, 0.4) is 0 Å². The number of benzene rings is 4. The van der Waals surface area contributed by atoms with Crippen LogP contribution in [0.15, 0.2) is 89.8 Å². The van der Waals surface area contributed by atoms with Gasteiger partial charge in [-0.3, -0.25) is 9.59 Å². The second-order valence-corrected chi connectivity index (χ2v) is 10.2. The maximum atomic E-state index is 12.6. The van der Waals surface area contributed by atoms with E-state index in [1.807, 2.05) is 49.4 Å². The number of hydrogen-bond acceptors (Lipinski definition) is 4. The van der Waals surface area contributed by atoms with Crippen LogP contribution in [-0.4, -0.2) is 26.5 Å². The number of sulfone groups is 1. The van der Waals surface area contributed by atoms with Gasteiger partial charge in [-0.1, -0.05) is 48.5 Å². The molecule has 0 heterocycles. The molecule has 7 heteroatoms. The third-order valence-corrected chi connectivity index (χ3v) is 6.57. The summed E-state index contributed by atoms with van der Waals surface area (Å²) in [7, 11) is -3.41. The molecule has 2 amide bonds. The third kappa shape index (κ3) is 5.50. The van der Waals surface area contributed by atoms with E-state index in [0.717, 1.165) is 28.2 Å². The Morgan fingerprint density at radius 2 is 1.56 bits per heavy atom. The molecule has 0 fully saturated rings. The first-order valence-corrected chi connectivity index (χ1v) is 12.6. The lowest BCUT2D eigenvalue weighted by Gasteiger charge is -2.12. The Morgan fingerprint density at radius 1 is 0.794 bits per heavy atom. The monoisotopic (exact) mass is 472 g/mol. The van der Waals surface area contributed by atoms with Crippen molar-refractivity contribution in [1.29, 1.82) is 0 Å². The molecular weight excluding hydrogens is 448 g/mol. The minimum Gasteiger partial charge on any atom is -0.326 e. The first kappa shape index (κ1) is 23.2. The van der Waals surface area contributed by atoms with Gasteiger partial charge in [-0.15, -0.1) is 0 Å². The average molecular weight is 473 g/mol. The summed E-state index contributed by atoms with van der Waals surface area (Å²) in [4.78, 5) is 25.3. The molecule has 0 unspecified atom stereocenters. The van der Waals surface area contributed by atoms with Crippen LogP contribution in [0.1, 0.15) is 21.5 Å². The van der Waals surface area contributed by atoms with E-state index >= 15 is 0 Å². The fourth-order valence-corrected chi connectivity index (χ4v) is 4.35. The first-order chi connectivity index (χ1) is 16.2. The molecule has 4 aromatic carbocycles. The lowest BCUT2D eigenvalue weighted by atomic mass is 10.0. The predicted molar refractivity (Wildman–Crippen MR) is 135 cm³/mol. The van der Waals surface area contributed by atoms with Crippen molar-refractivity contribution in [3.05, 3.63) is 102 Å². The van der Waals surface area contributed by atoms with Gasteiger partial charge in [-0.05, 0) is 65.2 Å². The van der Waals surface area contributed by atoms with E-state index in [1.165, 1.54) is 18.2 Å². The number of nitrogens with one attached hydrogen (secondary N) is 2. The zero-order valence-corrected chi connectivity index (χ0v) is 19.6. The van der Waals surface area contributed by atoms with E-state index in [-0.39, 0.29) is 22.8 Å². The van der Waals surface area contributed by atoms with Crippen LogP contribution < -0.4 is 10.6 Å².